The summed E-state index contributed by atoms with van der Waals surface area (Å²) in [5.41, 5.74) is 1.92. The van der Waals surface area contributed by atoms with Crippen LogP contribution in [0.1, 0.15) is 17.3 Å². The van der Waals surface area contributed by atoms with Crippen molar-refractivity contribution in [1.82, 2.24) is 14.5 Å². The molecule has 0 fully saturated rings. The van der Waals surface area contributed by atoms with E-state index >= 15 is 0 Å². The molecule has 1 amide bonds. The number of imidazole rings is 1. The average molecular weight is 280 g/mol. The monoisotopic (exact) mass is 280 g/mol. The number of hydrogen-bond donors (Lipinski definition) is 1. The summed E-state index contributed by atoms with van der Waals surface area (Å²) in [6, 6.07) is 10.5. The number of carbonyl (C=O) groups is 2. The smallest absolute Gasteiger partial charge is 0.263 e. The zero-order valence-corrected chi connectivity index (χ0v) is 11.3. The number of hydrogen-bond acceptors (Lipinski definition) is 4. The summed E-state index contributed by atoms with van der Waals surface area (Å²) in [5.74, 6) is -0.115. The van der Waals surface area contributed by atoms with E-state index in [0.29, 0.717) is 11.4 Å². The van der Waals surface area contributed by atoms with Gasteiger partial charge in [-0.2, -0.15) is 0 Å². The lowest BCUT2D eigenvalue weighted by Gasteiger charge is -2.05. The van der Waals surface area contributed by atoms with E-state index in [9.17, 15) is 9.59 Å². The molecule has 0 aliphatic rings. The van der Waals surface area contributed by atoms with Gasteiger partial charge >= 0.3 is 0 Å². The largest absolute Gasteiger partial charge is 0.311 e. The van der Waals surface area contributed by atoms with Crippen molar-refractivity contribution in [2.24, 2.45) is 0 Å². The first-order valence-corrected chi connectivity index (χ1v) is 6.35. The lowest BCUT2D eigenvalue weighted by molar-refractivity contribution is -0.114. The predicted molar refractivity (Wildman–Crippen MR) is 78.0 cm³/mol. The Labute approximate surface area is 120 Å². The topological polar surface area (TPSA) is 76.9 Å². The Bertz CT molecular complexity index is 838. The van der Waals surface area contributed by atoms with Crippen LogP contribution in [-0.4, -0.2) is 26.3 Å². The summed E-state index contributed by atoms with van der Waals surface area (Å²) in [6.07, 6.45) is 2.98. The molecule has 104 valence electrons. The van der Waals surface area contributed by atoms with Crippen LogP contribution in [0.5, 0.6) is 0 Å². The minimum atomic E-state index is -0.236. The van der Waals surface area contributed by atoms with Gasteiger partial charge in [0.1, 0.15) is 12.1 Å². The Morgan fingerprint density at radius 3 is 2.76 bits per heavy atom. The molecule has 21 heavy (non-hydrogen) atoms. The van der Waals surface area contributed by atoms with E-state index in [0.717, 1.165) is 11.0 Å². The van der Waals surface area contributed by atoms with Crippen molar-refractivity contribution in [3.63, 3.8) is 0 Å². The van der Waals surface area contributed by atoms with Crippen molar-refractivity contribution >= 4 is 28.7 Å². The fourth-order valence-corrected chi connectivity index (χ4v) is 2.07. The molecule has 2 heterocycles. The maximum Gasteiger partial charge on any atom is 0.263 e. The van der Waals surface area contributed by atoms with E-state index < -0.39 is 0 Å². The van der Waals surface area contributed by atoms with Crippen molar-refractivity contribution in [3.8, 4) is 0 Å². The van der Waals surface area contributed by atoms with E-state index in [-0.39, 0.29) is 11.8 Å². The number of benzene rings is 1. The zero-order valence-electron chi connectivity index (χ0n) is 11.3. The molecule has 0 aliphatic carbocycles. The van der Waals surface area contributed by atoms with Crippen molar-refractivity contribution in [1.29, 1.82) is 0 Å². The highest BCUT2D eigenvalue weighted by atomic mass is 16.2. The Morgan fingerprint density at radius 2 is 1.95 bits per heavy atom. The standard InChI is InChI=1S/C15H12N4O2/c1-10(20)18-14-8-11(6-7-16-14)15(21)19-9-17-12-4-2-3-5-13(12)19/h2-9H,1H3,(H,16,18,20). The maximum atomic E-state index is 12.5. The Balaban J connectivity index is 2.00. The Kier molecular flexibility index (Phi) is 3.19. The quantitative estimate of drug-likeness (QED) is 0.779. The van der Waals surface area contributed by atoms with E-state index in [1.54, 1.807) is 12.1 Å². The van der Waals surface area contributed by atoms with E-state index in [4.69, 9.17) is 0 Å². The van der Waals surface area contributed by atoms with Crippen LogP contribution in [0, 0.1) is 0 Å². The highest BCUT2D eigenvalue weighted by Gasteiger charge is 2.13. The van der Waals surface area contributed by atoms with Gasteiger partial charge in [-0.15, -0.1) is 0 Å². The van der Waals surface area contributed by atoms with Crippen LogP contribution in [-0.2, 0) is 4.79 Å². The van der Waals surface area contributed by atoms with Gasteiger partial charge in [-0.25, -0.2) is 9.97 Å². The molecule has 2 aromatic heterocycles. The fraction of sp³-hybridized carbons (Fsp3) is 0.0667. The minimum absolute atomic E-state index is 0.224. The SMILES string of the molecule is CC(=O)Nc1cc(C(=O)n2cnc3ccccc32)ccn1. The number of nitrogens with one attached hydrogen (secondary N) is 1. The molecule has 1 aromatic carbocycles. The molecule has 0 spiro atoms. The second-order valence-electron chi connectivity index (χ2n) is 4.52. The molecular formula is C15H12N4O2. The number of rotatable bonds is 2. The van der Waals surface area contributed by atoms with E-state index in [2.05, 4.69) is 15.3 Å². The normalized spacial score (nSPS) is 10.5. The molecule has 3 rings (SSSR count). The van der Waals surface area contributed by atoms with Crippen molar-refractivity contribution < 1.29 is 9.59 Å². The fourth-order valence-electron chi connectivity index (χ4n) is 2.07. The number of carbonyl (C=O) groups excluding carboxylic acids is 2. The third-order valence-corrected chi connectivity index (χ3v) is 2.98. The zero-order chi connectivity index (χ0) is 14.8. The first-order chi connectivity index (χ1) is 10.1. The highest BCUT2D eigenvalue weighted by molar-refractivity contribution is 6.01. The van der Waals surface area contributed by atoms with E-state index in [1.165, 1.54) is 24.0 Å². The van der Waals surface area contributed by atoms with Crippen molar-refractivity contribution in [2.75, 3.05) is 5.32 Å². The number of anilines is 1. The molecule has 3 aromatic rings. The van der Waals surface area contributed by atoms with Gasteiger partial charge in [-0.1, -0.05) is 12.1 Å². The summed E-state index contributed by atoms with van der Waals surface area (Å²) in [6.45, 7) is 1.39. The molecule has 0 unspecified atom stereocenters. The predicted octanol–water partition coefficient (Wildman–Crippen LogP) is 2.08. The van der Waals surface area contributed by atoms with Crippen LogP contribution in [0.3, 0.4) is 0 Å². The first kappa shape index (κ1) is 13.0. The van der Waals surface area contributed by atoms with Crippen LogP contribution in [0.4, 0.5) is 5.82 Å². The second kappa shape index (κ2) is 5.16. The molecule has 0 saturated heterocycles. The Hall–Kier alpha value is -3.02. The number of aromatic nitrogens is 3. The molecule has 0 bridgehead atoms. The second-order valence-corrected chi connectivity index (χ2v) is 4.52. The number of nitrogens with zero attached hydrogens (tertiary/aromatic N) is 3. The first-order valence-electron chi connectivity index (χ1n) is 6.35. The summed E-state index contributed by atoms with van der Waals surface area (Å²) >= 11 is 0. The average Bonchev–Trinajstić information content (AvgIpc) is 2.90. The van der Waals surface area contributed by atoms with Crippen LogP contribution in [0.25, 0.3) is 11.0 Å². The van der Waals surface area contributed by atoms with Crippen LogP contribution >= 0.6 is 0 Å². The molecule has 6 heteroatoms. The molecule has 6 nitrogen and oxygen atoms in total. The number of para-hydroxylation sites is 2. The number of amides is 1. The summed E-state index contributed by atoms with van der Waals surface area (Å²) < 4.78 is 1.47. The number of fused-ring (bicyclic) bond motifs is 1. The molecule has 0 atom stereocenters. The number of pyridine rings is 1. The lowest BCUT2D eigenvalue weighted by Crippen LogP contribution is -2.13. The van der Waals surface area contributed by atoms with Gasteiger partial charge in [0, 0.05) is 18.7 Å². The molecule has 0 aliphatic heterocycles. The van der Waals surface area contributed by atoms with Crippen molar-refractivity contribution in [2.45, 2.75) is 6.92 Å². The minimum Gasteiger partial charge on any atom is -0.311 e. The highest BCUT2D eigenvalue weighted by Crippen LogP contribution is 2.15. The van der Waals surface area contributed by atoms with Crippen molar-refractivity contribution in [3.05, 3.63) is 54.5 Å². The lowest BCUT2D eigenvalue weighted by atomic mass is 10.2. The van der Waals surface area contributed by atoms with Gasteiger partial charge in [-0.05, 0) is 24.3 Å². The summed E-state index contributed by atoms with van der Waals surface area (Å²) in [5, 5.41) is 2.56. The van der Waals surface area contributed by atoms with Crippen LogP contribution in [0.15, 0.2) is 48.9 Å². The molecule has 0 saturated carbocycles. The molecular weight excluding hydrogens is 268 g/mol. The van der Waals surface area contributed by atoms with Gasteiger partial charge in [0.2, 0.25) is 5.91 Å². The van der Waals surface area contributed by atoms with Gasteiger partial charge in [0.05, 0.1) is 11.0 Å². The van der Waals surface area contributed by atoms with Gasteiger partial charge < -0.3 is 5.32 Å². The molecule has 1 N–H and O–H groups in total. The van der Waals surface area contributed by atoms with Crippen LogP contribution < -0.4 is 5.32 Å². The van der Waals surface area contributed by atoms with Gasteiger partial charge in [-0.3, -0.25) is 14.2 Å². The maximum absolute atomic E-state index is 12.5. The van der Waals surface area contributed by atoms with Gasteiger partial charge in [0.25, 0.3) is 5.91 Å². The van der Waals surface area contributed by atoms with Gasteiger partial charge in [0.15, 0.2) is 0 Å². The van der Waals surface area contributed by atoms with E-state index in [1.807, 2.05) is 24.3 Å². The Morgan fingerprint density at radius 1 is 1.14 bits per heavy atom. The molecule has 0 radical (unpaired) electrons. The summed E-state index contributed by atoms with van der Waals surface area (Å²) in [4.78, 5) is 31.8. The van der Waals surface area contributed by atoms with Crippen LogP contribution in [0.2, 0.25) is 0 Å². The third kappa shape index (κ3) is 2.51. The third-order valence-electron chi connectivity index (χ3n) is 2.98. The summed E-state index contributed by atoms with van der Waals surface area (Å²) in [7, 11) is 0.